The molecule has 3 heterocycles. The number of anilines is 1. The van der Waals surface area contributed by atoms with Crippen LogP contribution in [-0.4, -0.2) is 26.5 Å². The van der Waals surface area contributed by atoms with E-state index in [4.69, 9.17) is 21.7 Å². The maximum Gasteiger partial charge on any atom is 0.270 e. The monoisotopic (exact) mass is 544 g/mol. The Morgan fingerprint density at radius 2 is 1.89 bits per heavy atom. The summed E-state index contributed by atoms with van der Waals surface area (Å²) in [6, 6.07) is 17.3. The van der Waals surface area contributed by atoms with Crippen LogP contribution in [0.3, 0.4) is 0 Å². The first kappa shape index (κ1) is 25.6. The number of hydrogen-bond acceptors (Lipinski definition) is 8. The van der Waals surface area contributed by atoms with E-state index in [2.05, 4.69) is 5.32 Å². The van der Waals surface area contributed by atoms with Gasteiger partial charge in [-0.15, -0.1) is 0 Å². The molecular weight excluding hydrogens is 520 g/mol. The summed E-state index contributed by atoms with van der Waals surface area (Å²) in [6.07, 6.45) is 1.73. The highest BCUT2D eigenvalue weighted by Gasteiger charge is 2.33. The molecule has 38 heavy (non-hydrogen) atoms. The summed E-state index contributed by atoms with van der Waals surface area (Å²) < 4.78 is 12.9. The predicted molar refractivity (Wildman–Crippen MR) is 151 cm³/mol. The third kappa shape index (κ3) is 4.78. The Morgan fingerprint density at radius 3 is 2.63 bits per heavy atom. The number of hydrogen-bond donors (Lipinski definition) is 1. The Hall–Kier alpha value is -4.07. The molecular formula is C28H24N4O4S2. The fourth-order valence-electron chi connectivity index (χ4n) is 4.43. The molecule has 2 aromatic carbocycles. The van der Waals surface area contributed by atoms with Crippen molar-refractivity contribution in [3.05, 3.63) is 91.6 Å². The first-order chi connectivity index (χ1) is 18.4. The summed E-state index contributed by atoms with van der Waals surface area (Å²) >= 11 is 6.74. The molecule has 2 aliphatic heterocycles. The number of nitrogens with zero attached hydrogens (tertiary/aromatic N) is 3. The summed E-state index contributed by atoms with van der Waals surface area (Å²) in [7, 11) is 0. The van der Waals surface area contributed by atoms with E-state index >= 15 is 0 Å². The zero-order valence-electron chi connectivity index (χ0n) is 20.8. The van der Waals surface area contributed by atoms with Gasteiger partial charge in [-0.05, 0) is 48.7 Å². The third-order valence-electron chi connectivity index (χ3n) is 6.42. The van der Waals surface area contributed by atoms with Crippen LogP contribution in [0.2, 0.25) is 0 Å². The van der Waals surface area contributed by atoms with Crippen LogP contribution in [0.25, 0.3) is 6.08 Å². The third-order valence-corrected chi connectivity index (χ3v) is 7.80. The van der Waals surface area contributed by atoms with Gasteiger partial charge in [0.15, 0.2) is 11.5 Å². The van der Waals surface area contributed by atoms with Gasteiger partial charge in [-0.1, -0.05) is 60.4 Å². The highest BCUT2D eigenvalue weighted by Crippen LogP contribution is 2.36. The Kier molecular flexibility index (Phi) is 7.22. The van der Waals surface area contributed by atoms with Gasteiger partial charge in [-0.3, -0.25) is 19.1 Å². The van der Waals surface area contributed by atoms with Crippen LogP contribution in [0.4, 0.5) is 5.82 Å². The number of carbonyl (C=O) groups excluding carboxylic acids is 1. The van der Waals surface area contributed by atoms with Crippen LogP contribution in [0.1, 0.15) is 34.7 Å². The summed E-state index contributed by atoms with van der Waals surface area (Å²) in [4.78, 5) is 28.5. The number of amides is 1. The number of ether oxygens (including phenoxy) is 2. The molecule has 0 atom stereocenters. The lowest BCUT2D eigenvalue weighted by atomic mass is 10.0. The Balaban J connectivity index is 1.52. The average Bonchev–Trinajstić information content (AvgIpc) is 3.49. The van der Waals surface area contributed by atoms with Gasteiger partial charge >= 0.3 is 0 Å². The molecule has 0 aliphatic carbocycles. The average molecular weight is 545 g/mol. The van der Waals surface area contributed by atoms with Crippen molar-refractivity contribution >= 4 is 46.1 Å². The lowest BCUT2D eigenvalue weighted by molar-refractivity contribution is -0.122. The Labute approximate surface area is 229 Å². The van der Waals surface area contributed by atoms with Crippen molar-refractivity contribution in [2.75, 3.05) is 12.1 Å². The molecule has 192 valence electrons. The van der Waals surface area contributed by atoms with Crippen LogP contribution in [-0.2, 0) is 24.4 Å². The van der Waals surface area contributed by atoms with E-state index < -0.39 is 0 Å². The molecule has 0 saturated carbocycles. The van der Waals surface area contributed by atoms with E-state index in [0.717, 1.165) is 11.1 Å². The number of thioether (sulfide) groups is 1. The van der Waals surface area contributed by atoms with Crippen molar-refractivity contribution in [2.45, 2.75) is 33.5 Å². The highest BCUT2D eigenvalue weighted by atomic mass is 32.2. The van der Waals surface area contributed by atoms with Gasteiger partial charge in [-0.2, -0.15) is 5.26 Å². The minimum absolute atomic E-state index is 0.0477. The number of aromatic nitrogens is 1. The first-order valence-electron chi connectivity index (χ1n) is 12.0. The molecule has 10 heteroatoms. The van der Waals surface area contributed by atoms with Gasteiger partial charge in [0.05, 0.1) is 11.4 Å². The topological polar surface area (TPSA) is 96.6 Å². The van der Waals surface area contributed by atoms with Crippen LogP contribution in [0.5, 0.6) is 11.5 Å². The van der Waals surface area contributed by atoms with Crippen molar-refractivity contribution < 1.29 is 14.3 Å². The smallest absolute Gasteiger partial charge is 0.270 e. The largest absolute Gasteiger partial charge is 0.454 e. The Morgan fingerprint density at radius 1 is 1.13 bits per heavy atom. The van der Waals surface area contributed by atoms with Crippen LogP contribution >= 0.6 is 24.0 Å². The molecule has 8 nitrogen and oxygen atoms in total. The van der Waals surface area contributed by atoms with Crippen LogP contribution in [0, 0.1) is 18.3 Å². The molecule has 0 unspecified atom stereocenters. The van der Waals surface area contributed by atoms with Gasteiger partial charge in [0.25, 0.3) is 11.5 Å². The second-order valence-electron chi connectivity index (χ2n) is 8.72. The lowest BCUT2D eigenvalue weighted by Gasteiger charge is -2.19. The first-order valence-corrected chi connectivity index (χ1v) is 13.2. The minimum atomic E-state index is -0.380. The quantitative estimate of drug-likeness (QED) is 0.335. The van der Waals surface area contributed by atoms with Gasteiger partial charge < -0.3 is 14.8 Å². The van der Waals surface area contributed by atoms with E-state index in [-0.39, 0.29) is 23.8 Å². The van der Waals surface area contributed by atoms with Crippen molar-refractivity contribution in [1.82, 2.24) is 9.47 Å². The highest BCUT2D eigenvalue weighted by molar-refractivity contribution is 8.26. The number of thiocarbonyl (C=S) groups is 1. The van der Waals surface area contributed by atoms with E-state index in [1.54, 1.807) is 17.9 Å². The van der Waals surface area contributed by atoms with E-state index in [1.807, 2.05) is 61.5 Å². The number of fused-ring (bicyclic) bond motifs is 1. The molecule has 1 fully saturated rings. The van der Waals surface area contributed by atoms with Gasteiger partial charge in [0.1, 0.15) is 21.8 Å². The fraction of sp³-hybridized carbons (Fsp3) is 0.214. The lowest BCUT2D eigenvalue weighted by Crippen LogP contribution is -2.28. The molecule has 0 bridgehead atoms. The Bertz CT molecular complexity index is 1570. The predicted octanol–water partition coefficient (Wildman–Crippen LogP) is 4.79. The van der Waals surface area contributed by atoms with Crippen molar-refractivity contribution in [3.8, 4) is 17.6 Å². The van der Waals surface area contributed by atoms with E-state index in [9.17, 15) is 14.9 Å². The fourth-order valence-corrected chi connectivity index (χ4v) is 5.66. The second kappa shape index (κ2) is 10.7. The summed E-state index contributed by atoms with van der Waals surface area (Å²) in [5.74, 6) is 1.67. The number of nitrogens with one attached hydrogen (secondary N) is 1. The van der Waals surface area contributed by atoms with Crippen molar-refractivity contribution in [1.29, 1.82) is 5.26 Å². The molecule has 3 aromatic rings. The molecule has 0 spiro atoms. The number of nitriles is 1. The van der Waals surface area contributed by atoms with Crippen molar-refractivity contribution in [3.63, 3.8) is 0 Å². The number of rotatable bonds is 7. The van der Waals surface area contributed by atoms with Crippen molar-refractivity contribution in [2.24, 2.45) is 0 Å². The maximum atomic E-state index is 13.4. The number of pyridine rings is 1. The molecule has 5 rings (SSSR count). The minimum Gasteiger partial charge on any atom is -0.454 e. The zero-order chi connectivity index (χ0) is 26.8. The normalized spacial score (nSPS) is 15.3. The molecule has 2 aliphatic rings. The molecule has 1 amide bonds. The van der Waals surface area contributed by atoms with Gasteiger partial charge in [0, 0.05) is 18.7 Å². The molecule has 1 aromatic heterocycles. The van der Waals surface area contributed by atoms with E-state index in [1.165, 1.54) is 16.3 Å². The summed E-state index contributed by atoms with van der Waals surface area (Å²) in [5.41, 5.74) is 2.67. The summed E-state index contributed by atoms with van der Waals surface area (Å²) in [6.45, 7) is 4.84. The number of carbonyl (C=O) groups is 1. The standard InChI is InChI=1S/C28H24N4O4S2/c1-3-31-25(30-14-19-9-10-22-23(11-19)36-16-35-22)20(17(2)21(13-29)26(31)33)12-24-27(34)32(28(37)38-24)15-18-7-5-4-6-8-18/h4-12,30H,3,14-16H2,1-2H3/b24-12+. The summed E-state index contributed by atoms with van der Waals surface area (Å²) in [5, 5.41) is 13.1. The number of benzene rings is 2. The molecule has 1 N–H and O–H groups in total. The SMILES string of the molecule is CCn1c(NCc2ccc3c(c2)OCO3)c(/C=C2/SC(=S)N(Cc3ccccc3)C2=O)c(C)c(C#N)c1=O. The van der Waals surface area contributed by atoms with Crippen LogP contribution in [0.15, 0.2) is 58.2 Å². The molecule has 1 saturated heterocycles. The molecule has 0 radical (unpaired) electrons. The maximum absolute atomic E-state index is 13.4. The van der Waals surface area contributed by atoms with E-state index in [0.29, 0.717) is 57.3 Å². The second-order valence-corrected chi connectivity index (χ2v) is 10.4. The zero-order valence-corrected chi connectivity index (χ0v) is 22.4. The van der Waals surface area contributed by atoms with Gasteiger partial charge in [0.2, 0.25) is 6.79 Å². The van der Waals surface area contributed by atoms with Gasteiger partial charge in [-0.25, -0.2) is 0 Å². The van der Waals surface area contributed by atoms with Crippen LogP contribution < -0.4 is 20.3 Å².